The minimum atomic E-state index is -3.44. The molecule has 0 spiro atoms. The highest BCUT2D eigenvalue weighted by atomic mass is 32.2. The van der Waals surface area contributed by atoms with Gasteiger partial charge in [-0.2, -0.15) is 0 Å². The van der Waals surface area contributed by atoms with Crippen molar-refractivity contribution in [2.75, 3.05) is 20.1 Å². The average molecular weight is 400 g/mol. The number of nitrogens with zero attached hydrogens (tertiary/aromatic N) is 2. The topological polar surface area (TPSA) is 109 Å². The third-order valence-electron chi connectivity index (χ3n) is 3.73. The van der Waals surface area contributed by atoms with Crippen molar-refractivity contribution >= 4 is 27.3 Å². The standard InChI is InChI=1S/C16H25N5O3S2/c1-4-13-12(14(5-2)24-21-13)11-19-16(17-3)18-8-9-20-26(22,23)15-7-6-10-25-15/h6-7,10,20H,4-5,8-9,11H2,1-3H3,(H2,17,18,19). The first kappa shape index (κ1) is 20.4. The van der Waals surface area contributed by atoms with Gasteiger partial charge < -0.3 is 15.2 Å². The third kappa shape index (κ3) is 5.29. The Morgan fingerprint density at radius 3 is 2.69 bits per heavy atom. The van der Waals surface area contributed by atoms with Crippen LogP contribution in [0.3, 0.4) is 0 Å². The number of aryl methyl sites for hydroxylation is 2. The number of rotatable bonds is 9. The fourth-order valence-electron chi connectivity index (χ4n) is 2.38. The molecule has 144 valence electrons. The monoisotopic (exact) mass is 399 g/mol. The molecule has 8 nitrogen and oxygen atoms in total. The third-order valence-corrected chi connectivity index (χ3v) is 6.59. The van der Waals surface area contributed by atoms with Gasteiger partial charge in [-0.15, -0.1) is 11.3 Å². The highest BCUT2D eigenvalue weighted by Gasteiger charge is 2.15. The van der Waals surface area contributed by atoms with Crippen molar-refractivity contribution in [1.29, 1.82) is 0 Å². The van der Waals surface area contributed by atoms with Crippen LogP contribution in [0.2, 0.25) is 0 Å². The summed E-state index contributed by atoms with van der Waals surface area (Å²) in [6.07, 6.45) is 1.58. The molecule has 0 atom stereocenters. The number of guanidine groups is 1. The zero-order valence-electron chi connectivity index (χ0n) is 15.2. The van der Waals surface area contributed by atoms with Gasteiger partial charge in [-0.05, 0) is 17.9 Å². The second-order valence-electron chi connectivity index (χ2n) is 5.42. The second kappa shape index (κ2) is 9.70. The van der Waals surface area contributed by atoms with Gasteiger partial charge in [-0.1, -0.05) is 25.1 Å². The molecule has 0 unspecified atom stereocenters. The fraction of sp³-hybridized carbons (Fsp3) is 0.500. The smallest absolute Gasteiger partial charge is 0.250 e. The summed E-state index contributed by atoms with van der Waals surface area (Å²) in [4.78, 5) is 4.15. The van der Waals surface area contributed by atoms with Crippen LogP contribution < -0.4 is 15.4 Å². The first-order valence-corrected chi connectivity index (χ1v) is 10.8. The van der Waals surface area contributed by atoms with E-state index < -0.39 is 10.0 Å². The van der Waals surface area contributed by atoms with E-state index in [1.165, 1.54) is 11.3 Å². The minimum Gasteiger partial charge on any atom is -0.361 e. The Hall–Kier alpha value is -1.91. The Bertz CT molecular complexity index is 792. The van der Waals surface area contributed by atoms with Gasteiger partial charge in [0.1, 0.15) is 9.97 Å². The molecule has 26 heavy (non-hydrogen) atoms. The van der Waals surface area contributed by atoms with Crippen molar-refractivity contribution < 1.29 is 12.9 Å². The number of hydrogen-bond donors (Lipinski definition) is 3. The van der Waals surface area contributed by atoms with Crippen LogP contribution in [0.15, 0.2) is 31.2 Å². The molecule has 0 aromatic carbocycles. The molecule has 0 saturated carbocycles. The molecule has 0 fully saturated rings. The lowest BCUT2D eigenvalue weighted by atomic mass is 10.1. The molecule has 0 aliphatic rings. The summed E-state index contributed by atoms with van der Waals surface area (Å²) in [6, 6.07) is 3.29. The molecule has 2 aromatic rings. The van der Waals surface area contributed by atoms with Gasteiger partial charge in [-0.25, -0.2) is 13.1 Å². The van der Waals surface area contributed by atoms with Gasteiger partial charge in [0.15, 0.2) is 5.96 Å². The van der Waals surface area contributed by atoms with E-state index >= 15 is 0 Å². The quantitative estimate of drug-likeness (QED) is 0.335. The minimum absolute atomic E-state index is 0.259. The first-order valence-electron chi connectivity index (χ1n) is 8.45. The Kier molecular flexibility index (Phi) is 7.61. The Balaban J connectivity index is 1.81. The largest absolute Gasteiger partial charge is 0.361 e. The molecule has 10 heteroatoms. The fourth-order valence-corrected chi connectivity index (χ4v) is 4.45. The van der Waals surface area contributed by atoms with Crippen molar-refractivity contribution in [2.45, 2.75) is 37.4 Å². The summed E-state index contributed by atoms with van der Waals surface area (Å²) >= 11 is 1.19. The summed E-state index contributed by atoms with van der Waals surface area (Å²) in [5.41, 5.74) is 1.99. The maximum absolute atomic E-state index is 12.0. The number of aromatic nitrogens is 1. The maximum Gasteiger partial charge on any atom is 0.250 e. The number of hydrogen-bond acceptors (Lipinski definition) is 6. The molecule has 3 N–H and O–H groups in total. The zero-order valence-corrected chi connectivity index (χ0v) is 16.8. The van der Waals surface area contributed by atoms with Gasteiger partial charge >= 0.3 is 0 Å². The molecule has 2 heterocycles. The molecule has 0 bridgehead atoms. The van der Waals surface area contributed by atoms with Crippen LogP contribution in [-0.2, 0) is 29.4 Å². The number of aliphatic imine (C=N–C) groups is 1. The summed E-state index contributed by atoms with van der Waals surface area (Å²) in [5, 5.41) is 12.1. The Morgan fingerprint density at radius 1 is 1.27 bits per heavy atom. The van der Waals surface area contributed by atoms with E-state index in [0.29, 0.717) is 23.3 Å². The van der Waals surface area contributed by atoms with E-state index in [0.717, 1.165) is 29.9 Å². The zero-order chi connectivity index (χ0) is 19.0. The van der Waals surface area contributed by atoms with E-state index in [2.05, 4.69) is 25.5 Å². The van der Waals surface area contributed by atoms with E-state index in [4.69, 9.17) is 4.52 Å². The van der Waals surface area contributed by atoms with Crippen LogP contribution in [0.4, 0.5) is 0 Å². The van der Waals surface area contributed by atoms with Crippen LogP contribution in [0.25, 0.3) is 0 Å². The molecule has 0 amide bonds. The lowest BCUT2D eigenvalue weighted by molar-refractivity contribution is 0.380. The van der Waals surface area contributed by atoms with Crippen molar-refractivity contribution in [3.63, 3.8) is 0 Å². The molecule has 0 saturated heterocycles. The van der Waals surface area contributed by atoms with Crippen molar-refractivity contribution in [1.82, 2.24) is 20.5 Å². The summed E-state index contributed by atoms with van der Waals surface area (Å²) < 4.78 is 32.3. The second-order valence-corrected chi connectivity index (χ2v) is 8.36. The van der Waals surface area contributed by atoms with Gasteiger partial charge in [0.05, 0.1) is 5.69 Å². The molecule has 0 aliphatic heterocycles. The first-order chi connectivity index (χ1) is 12.5. The van der Waals surface area contributed by atoms with Crippen LogP contribution in [-0.4, -0.2) is 39.7 Å². The predicted octanol–water partition coefficient (Wildman–Crippen LogP) is 1.50. The highest BCUT2D eigenvalue weighted by Crippen LogP contribution is 2.16. The number of thiophene rings is 1. The predicted molar refractivity (Wildman–Crippen MR) is 103 cm³/mol. The average Bonchev–Trinajstić information content (AvgIpc) is 3.30. The van der Waals surface area contributed by atoms with Gasteiger partial charge in [0.25, 0.3) is 0 Å². The SMILES string of the molecule is CCc1noc(CC)c1CNC(=NC)NCCNS(=O)(=O)c1cccs1. The molecule has 0 radical (unpaired) electrons. The van der Waals surface area contributed by atoms with Crippen molar-refractivity contribution in [3.8, 4) is 0 Å². The van der Waals surface area contributed by atoms with E-state index in [9.17, 15) is 8.42 Å². The summed E-state index contributed by atoms with van der Waals surface area (Å²) in [5.74, 6) is 1.46. The lowest BCUT2D eigenvalue weighted by Gasteiger charge is -2.12. The van der Waals surface area contributed by atoms with Crippen molar-refractivity contribution in [2.24, 2.45) is 4.99 Å². The van der Waals surface area contributed by atoms with Crippen LogP contribution in [0.1, 0.15) is 30.9 Å². The van der Waals surface area contributed by atoms with Crippen LogP contribution in [0.5, 0.6) is 0 Å². The molecule has 0 aliphatic carbocycles. The lowest BCUT2D eigenvalue weighted by Crippen LogP contribution is -2.41. The van der Waals surface area contributed by atoms with E-state index in [1.807, 2.05) is 13.8 Å². The van der Waals surface area contributed by atoms with E-state index in [1.54, 1.807) is 24.6 Å². The van der Waals surface area contributed by atoms with Crippen molar-refractivity contribution in [3.05, 3.63) is 34.5 Å². The molecule has 2 rings (SSSR count). The maximum atomic E-state index is 12.0. The van der Waals surface area contributed by atoms with Crippen LogP contribution in [0, 0.1) is 0 Å². The summed E-state index contributed by atoms with van der Waals surface area (Å²) in [6.45, 7) is 5.28. The van der Waals surface area contributed by atoms with Crippen LogP contribution >= 0.6 is 11.3 Å². The molecular formula is C16H25N5O3S2. The normalized spacial score (nSPS) is 12.3. The molecular weight excluding hydrogens is 374 g/mol. The van der Waals surface area contributed by atoms with Gasteiger partial charge in [0, 0.05) is 38.7 Å². The summed E-state index contributed by atoms with van der Waals surface area (Å²) in [7, 11) is -1.77. The Morgan fingerprint density at radius 2 is 2.08 bits per heavy atom. The van der Waals surface area contributed by atoms with E-state index in [-0.39, 0.29) is 6.54 Å². The number of nitrogens with one attached hydrogen (secondary N) is 3. The van der Waals surface area contributed by atoms with Gasteiger partial charge in [0.2, 0.25) is 10.0 Å². The highest BCUT2D eigenvalue weighted by molar-refractivity contribution is 7.91. The molecule has 2 aromatic heterocycles. The Labute approximate surface area is 158 Å². The number of sulfonamides is 1. The van der Waals surface area contributed by atoms with Gasteiger partial charge in [-0.3, -0.25) is 4.99 Å².